The van der Waals surface area contributed by atoms with Crippen LogP contribution in [0.3, 0.4) is 0 Å². The van der Waals surface area contributed by atoms with E-state index < -0.39 is 30.5 Å². The van der Waals surface area contributed by atoms with Crippen molar-refractivity contribution in [1.82, 2.24) is 39.3 Å². The molecule has 1 saturated heterocycles. The van der Waals surface area contributed by atoms with E-state index in [9.17, 15) is 18.0 Å². The normalized spacial score (nSPS) is 15.6. The van der Waals surface area contributed by atoms with Gasteiger partial charge in [-0.05, 0) is 36.4 Å². The number of pyridine rings is 2. The molecule has 1 amide bonds. The quantitative estimate of drug-likeness (QED) is 0.214. The molecule has 1 unspecified atom stereocenters. The minimum atomic E-state index is -4.78. The molecule has 0 aliphatic carbocycles. The van der Waals surface area contributed by atoms with Gasteiger partial charge < -0.3 is 23.9 Å². The van der Waals surface area contributed by atoms with Crippen molar-refractivity contribution in [2.75, 3.05) is 40.4 Å². The number of hydrogen-bond donors (Lipinski definition) is 1. The highest BCUT2D eigenvalue weighted by molar-refractivity contribution is 5.86. The lowest BCUT2D eigenvalue weighted by molar-refractivity contribution is -0.148. The molecule has 14 heteroatoms. The first-order valence-corrected chi connectivity index (χ1v) is 15.7. The fraction of sp³-hybridized carbons (Fsp3) is 0.286. The summed E-state index contributed by atoms with van der Waals surface area (Å²) in [5.74, 6) is -0.384. The van der Waals surface area contributed by atoms with Gasteiger partial charge >= 0.3 is 6.18 Å². The largest absolute Gasteiger partial charge is 0.497 e. The van der Waals surface area contributed by atoms with Crippen LogP contribution in [0.4, 0.5) is 13.2 Å². The van der Waals surface area contributed by atoms with Gasteiger partial charge in [-0.15, -0.1) is 0 Å². The predicted octanol–water partition coefficient (Wildman–Crippen LogP) is 5.53. The molecule has 1 aliphatic rings. The lowest BCUT2D eigenvalue weighted by Crippen LogP contribution is -2.52. The number of hydrogen-bond acceptors (Lipinski definition) is 8. The molecule has 2 aromatic carbocycles. The molecule has 5 heterocycles. The molecule has 6 aromatic rings. The maximum absolute atomic E-state index is 14.2. The third-order valence-corrected chi connectivity index (χ3v) is 8.78. The van der Waals surface area contributed by atoms with Crippen molar-refractivity contribution in [3.8, 4) is 22.9 Å². The summed E-state index contributed by atoms with van der Waals surface area (Å²) >= 11 is 0. The van der Waals surface area contributed by atoms with Gasteiger partial charge in [0.1, 0.15) is 24.2 Å². The van der Waals surface area contributed by atoms with E-state index in [-0.39, 0.29) is 17.6 Å². The predicted molar refractivity (Wildman–Crippen MR) is 176 cm³/mol. The molecule has 7 rings (SSSR count). The Morgan fingerprint density at radius 2 is 1.80 bits per heavy atom. The number of imidazole rings is 2. The molecule has 1 aliphatic heterocycles. The second kappa shape index (κ2) is 13.2. The van der Waals surface area contributed by atoms with E-state index >= 15 is 0 Å². The van der Waals surface area contributed by atoms with Crippen molar-refractivity contribution in [3.05, 3.63) is 96.5 Å². The summed E-state index contributed by atoms with van der Waals surface area (Å²) in [6.45, 7) is 1.31. The highest BCUT2D eigenvalue weighted by Crippen LogP contribution is 2.35. The van der Waals surface area contributed by atoms with E-state index in [0.717, 1.165) is 21.2 Å². The standard InChI is InChI=1S/C35H33F3N8O3/c1-48-24-10-11-27-29(18-24)46(34(43-27)35(36,37)38)21-31(47)45-16-15-44(14-12-23-8-5-6-13-39-23)20-30(45)32-40-19-28(41-32)25-17-22-7-3-4-9-26(22)42-33(25)49-2/h3-11,13,17-19,30H,12,14-16,20-21H2,1-2H3,(H,40,41). The van der Waals surface area contributed by atoms with Gasteiger partial charge in [-0.25, -0.2) is 15.0 Å². The average molecular weight is 671 g/mol. The number of H-pyrrole nitrogens is 1. The summed E-state index contributed by atoms with van der Waals surface area (Å²) in [5, 5.41) is 0.911. The SMILES string of the molecule is COc1ccc2nc(C(F)(F)F)n(CC(=O)N3CCN(CCc4ccccn4)CC3c3ncc(-c4cc5ccccc5nc4OC)[nH]3)c2c1. The molecule has 1 atom stereocenters. The van der Waals surface area contributed by atoms with Gasteiger partial charge in [-0.2, -0.15) is 13.2 Å². The number of carbonyl (C=O) groups excluding carboxylic acids is 1. The Labute approximate surface area is 279 Å². The third-order valence-electron chi connectivity index (χ3n) is 8.78. The van der Waals surface area contributed by atoms with E-state index in [4.69, 9.17) is 14.5 Å². The van der Waals surface area contributed by atoms with Crippen LogP contribution in [0.25, 0.3) is 33.2 Å². The molecule has 49 heavy (non-hydrogen) atoms. The first-order chi connectivity index (χ1) is 23.7. The highest BCUT2D eigenvalue weighted by Gasteiger charge is 2.40. The zero-order chi connectivity index (χ0) is 34.1. The van der Waals surface area contributed by atoms with Crippen LogP contribution in [0.1, 0.15) is 23.4 Å². The Morgan fingerprint density at radius 1 is 0.959 bits per heavy atom. The lowest BCUT2D eigenvalue weighted by atomic mass is 10.1. The Hall–Kier alpha value is -5.50. The van der Waals surface area contributed by atoms with Gasteiger partial charge in [0, 0.05) is 55.9 Å². The number of carbonyl (C=O) groups is 1. The van der Waals surface area contributed by atoms with Gasteiger partial charge in [0.2, 0.25) is 17.6 Å². The monoisotopic (exact) mass is 670 g/mol. The number of methoxy groups -OCH3 is 2. The van der Waals surface area contributed by atoms with E-state index in [2.05, 4.69) is 24.8 Å². The number of ether oxygens (including phenoxy) is 2. The number of piperazine rings is 1. The molecule has 0 bridgehead atoms. The van der Waals surface area contributed by atoms with Crippen molar-refractivity contribution >= 4 is 27.8 Å². The van der Waals surface area contributed by atoms with Crippen molar-refractivity contribution < 1.29 is 27.4 Å². The molecular weight excluding hydrogens is 637 g/mol. The number of nitrogens with one attached hydrogen (secondary N) is 1. The van der Waals surface area contributed by atoms with Crippen LogP contribution in [0, 0.1) is 0 Å². The van der Waals surface area contributed by atoms with Crippen LogP contribution < -0.4 is 9.47 Å². The number of alkyl halides is 3. The first kappa shape index (κ1) is 32.1. The highest BCUT2D eigenvalue weighted by atomic mass is 19.4. The number of fused-ring (bicyclic) bond motifs is 2. The Bertz CT molecular complexity index is 2110. The number of amides is 1. The number of rotatable bonds is 9. The third kappa shape index (κ3) is 6.51. The smallest absolute Gasteiger partial charge is 0.449 e. The fourth-order valence-electron chi connectivity index (χ4n) is 6.32. The van der Waals surface area contributed by atoms with Gasteiger partial charge in [0.25, 0.3) is 0 Å². The minimum absolute atomic E-state index is 0.116. The van der Waals surface area contributed by atoms with Crippen LogP contribution in [0.2, 0.25) is 0 Å². The molecule has 0 spiro atoms. The van der Waals surface area contributed by atoms with Gasteiger partial charge in [0.15, 0.2) is 0 Å². The number of benzene rings is 2. The minimum Gasteiger partial charge on any atom is -0.497 e. The Balaban J connectivity index is 1.22. The van der Waals surface area contributed by atoms with Gasteiger partial charge in [0.05, 0.1) is 48.2 Å². The lowest BCUT2D eigenvalue weighted by Gasteiger charge is -2.40. The van der Waals surface area contributed by atoms with Crippen molar-refractivity contribution in [2.24, 2.45) is 0 Å². The molecule has 4 aromatic heterocycles. The van der Waals surface area contributed by atoms with Crippen LogP contribution in [-0.2, 0) is 23.9 Å². The second-order valence-electron chi connectivity index (χ2n) is 11.8. The summed E-state index contributed by atoms with van der Waals surface area (Å²) in [4.78, 5) is 38.9. The maximum atomic E-state index is 14.2. The zero-order valence-electron chi connectivity index (χ0n) is 26.8. The van der Waals surface area contributed by atoms with Crippen LogP contribution in [-0.4, -0.2) is 85.6 Å². The molecule has 0 radical (unpaired) electrons. The van der Waals surface area contributed by atoms with E-state index in [1.165, 1.54) is 25.3 Å². The molecule has 0 saturated carbocycles. The van der Waals surface area contributed by atoms with E-state index in [0.29, 0.717) is 54.8 Å². The van der Waals surface area contributed by atoms with Gasteiger partial charge in [-0.1, -0.05) is 24.3 Å². The van der Waals surface area contributed by atoms with Crippen molar-refractivity contribution in [2.45, 2.75) is 25.2 Å². The fourth-order valence-corrected chi connectivity index (χ4v) is 6.32. The zero-order valence-corrected chi connectivity index (χ0v) is 26.8. The Kier molecular flexibility index (Phi) is 8.63. The van der Waals surface area contributed by atoms with Crippen LogP contribution >= 0.6 is 0 Å². The van der Waals surface area contributed by atoms with E-state index in [1.807, 2.05) is 48.5 Å². The summed E-state index contributed by atoms with van der Waals surface area (Å²) in [5.41, 5.74) is 3.31. The first-order valence-electron chi connectivity index (χ1n) is 15.7. The molecular formula is C35H33F3N8O3. The number of nitrogens with zero attached hydrogens (tertiary/aromatic N) is 7. The summed E-state index contributed by atoms with van der Waals surface area (Å²) < 4.78 is 54.5. The Morgan fingerprint density at radius 3 is 2.57 bits per heavy atom. The van der Waals surface area contributed by atoms with Crippen LogP contribution in [0.15, 0.2) is 79.1 Å². The molecule has 11 nitrogen and oxygen atoms in total. The van der Waals surface area contributed by atoms with E-state index in [1.54, 1.807) is 24.4 Å². The average Bonchev–Trinajstić information content (AvgIpc) is 3.76. The number of aromatic nitrogens is 6. The molecule has 1 fully saturated rings. The van der Waals surface area contributed by atoms with Crippen molar-refractivity contribution in [3.63, 3.8) is 0 Å². The number of halogens is 3. The van der Waals surface area contributed by atoms with Crippen molar-refractivity contribution in [1.29, 1.82) is 0 Å². The summed E-state index contributed by atoms with van der Waals surface area (Å²) in [7, 11) is 2.97. The number of para-hydroxylation sites is 1. The molecule has 1 N–H and O–H groups in total. The summed E-state index contributed by atoms with van der Waals surface area (Å²) in [6, 6.07) is 19.3. The molecule has 252 valence electrons. The topological polar surface area (TPSA) is 114 Å². The maximum Gasteiger partial charge on any atom is 0.449 e. The number of aromatic amines is 1. The second-order valence-corrected chi connectivity index (χ2v) is 11.8. The van der Waals surface area contributed by atoms with Gasteiger partial charge in [-0.3, -0.25) is 14.7 Å². The van der Waals surface area contributed by atoms with Crippen LogP contribution in [0.5, 0.6) is 11.6 Å². The summed E-state index contributed by atoms with van der Waals surface area (Å²) in [6.07, 6.45) is -0.669.